The first-order valence-corrected chi connectivity index (χ1v) is 12.9. The second kappa shape index (κ2) is 11.6. The van der Waals surface area contributed by atoms with Gasteiger partial charge in [-0.05, 0) is 43.7 Å². The maximum atomic E-state index is 13.7. The van der Waals surface area contributed by atoms with Crippen molar-refractivity contribution in [2.75, 3.05) is 58.9 Å². The Balaban J connectivity index is 1.36. The minimum atomic E-state index is -0.796. The number of carbonyl (C=O) groups is 1. The Labute approximate surface area is 226 Å². The molecule has 1 aromatic carbocycles. The summed E-state index contributed by atoms with van der Waals surface area (Å²) in [5.74, 6) is 0.524. The molecule has 3 aromatic rings. The number of imidazole rings is 1. The van der Waals surface area contributed by atoms with Gasteiger partial charge in [-0.3, -0.25) is 14.7 Å². The predicted molar refractivity (Wildman–Crippen MR) is 144 cm³/mol. The van der Waals surface area contributed by atoms with Gasteiger partial charge in [-0.25, -0.2) is 19.3 Å². The zero-order valence-corrected chi connectivity index (χ0v) is 22.4. The molecule has 0 spiro atoms. The fourth-order valence-electron chi connectivity index (χ4n) is 4.59. The molecule has 2 aliphatic rings. The summed E-state index contributed by atoms with van der Waals surface area (Å²) in [6, 6.07) is 7.88. The highest BCUT2D eigenvalue weighted by Crippen LogP contribution is 2.36. The second-order valence-electron chi connectivity index (χ2n) is 10.2. The van der Waals surface area contributed by atoms with Crippen molar-refractivity contribution in [2.24, 2.45) is 10.4 Å². The number of rotatable bonds is 9. The number of amides is 1. The molecule has 11 nitrogen and oxygen atoms in total. The molecule has 0 saturated carbocycles. The van der Waals surface area contributed by atoms with Crippen LogP contribution in [0, 0.1) is 11.2 Å². The third kappa shape index (κ3) is 6.13. The van der Waals surface area contributed by atoms with Crippen LogP contribution in [0.25, 0.3) is 22.6 Å². The van der Waals surface area contributed by atoms with E-state index in [-0.39, 0.29) is 24.9 Å². The average Bonchev–Trinajstić information content (AvgIpc) is 3.62. The van der Waals surface area contributed by atoms with Gasteiger partial charge in [-0.1, -0.05) is 0 Å². The lowest BCUT2D eigenvalue weighted by Crippen LogP contribution is -2.48. The van der Waals surface area contributed by atoms with Crippen LogP contribution in [0.4, 0.5) is 10.3 Å². The summed E-state index contributed by atoms with van der Waals surface area (Å²) in [5, 5.41) is 3.29. The standard InChI is InChI=1S/C27H33FN8O3/c1-27(25(37)35(2)3)15-38-24(39-16-27)23-33-21(18-5-7-19(28)8-6-18)22(34-23)20-9-11-31-26(32-20)30-10-4-13-36-14-12-29-17-36/h5-9,11-12,24H,4,10,13-17H2,1-3H3,(H,33,34)(H,30,31,32). The SMILES string of the molecule is CN(C)C(=O)C1(C)COC(c2nc(-c3ccc(F)cc3)c(-c3ccnc(NCCCN4CC=NC4)n3)[nH]2)OC1. The van der Waals surface area contributed by atoms with Crippen molar-refractivity contribution in [1.29, 1.82) is 0 Å². The van der Waals surface area contributed by atoms with Crippen LogP contribution >= 0.6 is 0 Å². The van der Waals surface area contributed by atoms with Crippen molar-refractivity contribution < 1.29 is 18.7 Å². The monoisotopic (exact) mass is 536 g/mol. The Morgan fingerprint density at radius 2 is 1.97 bits per heavy atom. The van der Waals surface area contributed by atoms with Gasteiger partial charge >= 0.3 is 0 Å². The Morgan fingerprint density at radius 1 is 1.21 bits per heavy atom. The molecule has 12 heteroatoms. The number of aliphatic imine (C=N–C) groups is 1. The van der Waals surface area contributed by atoms with Crippen LogP contribution in [0.2, 0.25) is 0 Å². The number of anilines is 1. The van der Waals surface area contributed by atoms with Crippen LogP contribution in [-0.4, -0.2) is 95.5 Å². The third-order valence-corrected chi connectivity index (χ3v) is 6.69. The van der Waals surface area contributed by atoms with Crippen molar-refractivity contribution in [3.05, 3.63) is 48.2 Å². The summed E-state index contributed by atoms with van der Waals surface area (Å²) in [7, 11) is 3.42. The van der Waals surface area contributed by atoms with Gasteiger partial charge in [-0.15, -0.1) is 0 Å². The Kier molecular flexibility index (Phi) is 7.96. The Morgan fingerprint density at radius 3 is 2.67 bits per heavy atom. The summed E-state index contributed by atoms with van der Waals surface area (Å²) < 4.78 is 25.6. The Bertz CT molecular complexity index is 1310. The van der Waals surface area contributed by atoms with Crippen molar-refractivity contribution in [3.8, 4) is 22.6 Å². The zero-order valence-electron chi connectivity index (χ0n) is 22.4. The van der Waals surface area contributed by atoms with E-state index in [2.05, 4.69) is 25.2 Å². The largest absolute Gasteiger partial charge is 0.354 e. The molecule has 1 fully saturated rings. The molecule has 0 atom stereocenters. The number of aromatic amines is 1. The molecule has 4 heterocycles. The highest BCUT2D eigenvalue weighted by Gasteiger charge is 2.41. The maximum Gasteiger partial charge on any atom is 0.232 e. The molecule has 0 bridgehead atoms. The van der Waals surface area contributed by atoms with E-state index in [1.54, 1.807) is 38.5 Å². The first kappa shape index (κ1) is 26.9. The fourth-order valence-corrected chi connectivity index (χ4v) is 4.59. The number of ether oxygens (including phenoxy) is 2. The average molecular weight is 537 g/mol. The highest BCUT2D eigenvalue weighted by molar-refractivity contribution is 5.82. The first-order chi connectivity index (χ1) is 18.8. The number of nitrogens with one attached hydrogen (secondary N) is 2. The zero-order chi connectivity index (χ0) is 27.4. The fraction of sp³-hybridized carbons (Fsp3) is 0.444. The van der Waals surface area contributed by atoms with Crippen molar-refractivity contribution in [3.63, 3.8) is 0 Å². The number of H-pyrrole nitrogens is 1. The summed E-state index contributed by atoms with van der Waals surface area (Å²) in [6.07, 6.45) is 3.75. The van der Waals surface area contributed by atoms with Gasteiger partial charge in [0.05, 0.1) is 42.4 Å². The molecule has 2 N–H and O–H groups in total. The van der Waals surface area contributed by atoms with Crippen LogP contribution in [0.3, 0.4) is 0 Å². The van der Waals surface area contributed by atoms with E-state index in [1.165, 1.54) is 17.0 Å². The van der Waals surface area contributed by atoms with Gasteiger partial charge in [0.1, 0.15) is 5.82 Å². The van der Waals surface area contributed by atoms with Gasteiger partial charge in [0.25, 0.3) is 0 Å². The lowest BCUT2D eigenvalue weighted by atomic mass is 9.90. The lowest BCUT2D eigenvalue weighted by molar-refractivity contribution is -0.233. The number of aromatic nitrogens is 4. The van der Waals surface area contributed by atoms with Gasteiger partial charge in [-0.2, -0.15) is 0 Å². The smallest absolute Gasteiger partial charge is 0.232 e. The Hall–Kier alpha value is -3.74. The van der Waals surface area contributed by atoms with Gasteiger partial charge in [0.15, 0.2) is 5.82 Å². The summed E-state index contributed by atoms with van der Waals surface area (Å²) >= 11 is 0. The van der Waals surface area contributed by atoms with Crippen molar-refractivity contribution in [2.45, 2.75) is 19.6 Å². The predicted octanol–water partition coefficient (Wildman–Crippen LogP) is 2.96. The molecule has 206 valence electrons. The second-order valence-corrected chi connectivity index (χ2v) is 10.2. The molecular formula is C27H33FN8O3. The molecule has 1 saturated heterocycles. The van der Waals surface area contributed by atoms with Crippen molar-refractivity contribution >= 4 is 18.1 Å². The van der Waals surface area contributed by atoms with E-state index in [9.17, 15) is 9.18 Å². The number of hydrogen-bond donors (Lipinski definition) is 2. The molecule has 0 unspecified atom stereocenters. The van der Waals surface area contributed by atoms with Gasteiger partial charge in [0, 0.05) is 51.7 Å². The molecule has 39 heavy (non-hydrogen) atoms. The van der Waals surface area contributed by atoms with Crippen LogP contribution in [0.1, 0.15) is 25.5 Å². The summed E-state index contributed by atoms with van der Waals surface area (Å²) in [6.45, 7) is 5.47. The number of nitrogens with zero attached hydrogens (tertiary/aromatic N) is 6. The van der Waals surface area contributed by atoms with E-state index in [0.29, 0.717) is 41.0 Å². The van der Waals surface area contributed by atoms with Crippen molar-refractivity contribution in [1.82, 2.24) is 29.7 Å². The topological polar surface area (TPSA) is 121 Å². The number of halogens is 1. The van der Waals surface area contributed by atoms with Crippen LogP contribution in [-0.2, 0) is 14.3 Å². The first-order valence-electron chi connectivity index (χ1n) is 12.9. The third-order valence-electron chi connectivity index (χ3n) is 6.69. The quantitative estimate of drug-likeness (QED) is 0.401. The normalized spacial score (nSPS) is 21.3. The van der Waals surface area contributed by atoms with Crippen LogP contribution < -0.4 is 5.32 Å². The van der Waals surface area contributed by atoms with Crippen LogP contribution in [0.15, 0.2) is 41.5 Å². The minimum absolute atomic E-state index is 0.0668. The number of hydrogen-bond acceptors (Lipinski definition) is 9. The molecule has 2 aliphatic heterocycles. The van der Waals surface area contributed by atoms with E-state index < -0.39 is 11.7 Å². The van der Waals surface area contributed by atoms with E-state index in [1.807, 2.05) is 13.1 Å². The van der Waals surface area contributed by atoms with E-state index in [4.69, 9.17) is 19.4 Å². The molecule has 0 aliphatic carbocycles. The highest BCUT2D eigenvalue weighted by atomic mass is 19.1. The molecule has 0 radical (unpaired) electrons. The lowest BCUT2D eigenvalue weighted by Gasteiger charge is -2.36. The van der Waals surface area contributed by atoms with Gasteiger partial charge < -0.3 is 24.7 Å². The number of benzene rings is 1. The summed E-state index contributed by atoms with van der Waals surface area (Å²) in [5.41, 5.74) is 1.74. The molecule has 1 amide bonds. The number of carbonyl (C=O) groups excluding carboxylic acids is 1. The van der Waals surface area contributed by atoms with Crippen LogP contribution in [0.5, 0.6) is 0 Å². The van der Waals surface area contributed by atoms with Gasteiger partial charge in [0.2, 0.25) is 18.1 Å². The molecular weight excluding hydrogens is 503 g/mol. The maximum absolute atomic E-state index is 13.7. The van der Waals surface area contributed by atoms with E-state index in [0.717, 1.165) is 26.2 Å². The molecule has 2 aromatic heterocycles. The summed E-state index contributed by atoms with van der Waals surface area (Å²) in [4.78, 5) is 37.8. The molecule has 5 rings (SSSR count). The minimum Gasteiger partial charge on any atom is -0.354 e. The van der Waals surface area contributed by atoms with E-state index >= 15 is 0 Å².